The number of carbonyl (C=O) groups excluding carboxylic acids is 2. The summed E-state index contributed by atoms with van der Waals surface area (Å²) in [7, 11) is 0. The fourth-order valence-electron chi connectivity index (χ4n) is 3.22. The number of rotatable bonds is 1. The molecule has 4 nitrogen and oxygen atoms in total. The summed E-state index contributed by atoms with van der Waals surface area (Å²) in [5.41, 5.74) is 6.09. The maximum Gasteiger partial charge on any atom is 0.339 e. The third kappa shape index (κ3) is 2.48. The lowest BCUT2D eigenvalue weighted by Crippen LogP contribution is -2.24. The Bertz CT molecular complexity index is 849. The lowest BCUT2D eigenvalue weighted by atomic mass is 9.83. The minimum absolute atomic E-state index is 0.0726. The Balaban J connectivity index is 2.46. The van der Waals surface area contributed by atoms with Gasteiger partial charge in [0.15, 0.2) is 0 Å². The van der Waals surface area contributed by atoms with Crippen LogP contribution in [0.1, 0.15) is 43.0 Å². The molecule has 0 atom stereocenters. The Kier molecular flexibility index (Phi) is 4.14. The predicted molar refractivity (Wildman–Crippen MR) is 91.4 cm³/mol. The van der Waals surface area contributed by atoms with Crippen molar-refractivity contribution in [1.29, 1.82) is 0 Å². The molecule has 0 spiro atoms. The van der Waals surface area contributed by atoms with Crippen molar-refractivity contribution >= 4 is 11.9 Å². The van der Waals surface area contributed by atoms with Crippen molar-refractivity contribution < 1.29 is 19.1 Å². The molecule has 0 fully saturated rings. The zero-order valence-electron chi connectivity index (χ0n) is 14.4. The first-order chi connectivity index (χ1) is 11.4. The van der Waals surface area contributed by atoms with E-state index in [2.05, 4.69) is 0 Å². The molecule has 0 radical (unpaired) electrons. The van der Waals surface area contributed by atoms with Gasteiger partial charge >= 0.3 is 11.9 Å². The summed E-state index contributed by atoms with van der Waals surface area (Å²) in [6.45, 7) is 7.92. The molecule has 0 bridgehead atoms. The predicted octanol–water partition coefficient (Wildman–Crippen LogP) is 3.91. The van der Waals surface area contributed by atoms with Gasteiger partial charge in [-0.1, -0.05) is 24.3 Å². The molecule has 0 aromatic heterocycles. The minimum atomic E-state index is -0.467. The van der Waals surface area contributed by atoms with Crippen molar-refractivity contribution in [2.45, 2.75) is 27.7 Å². The average Bonchev–Trinajstić information content (AvgIpc) is 2.55. The van der Waals surface area contributed by atoms with Crippen molar-refractivity contribution in [2.75, 3.05) is 13.2 Å². The van der Waals surface area contributed by atoms with E-state index in [1.54, 1.807) is 0 Å². The van der Waals surface area contributed by atoms with Gasteiger partial charge in [0.25, 0.3) is 0 Å². The van der Waals surface area contributed by atoms with Crippen LogP contribution in [0.3, 0.4) is 0 Å². The van der Waals surface area contributed by atoms with Crippen molar-refractivity contribution in [1.82, 2.24) is 0 Å². The van der Waals surface area contributed by atoms with Crippen LogP contribution in [-0.2, 0) is 9.47 Å². The van der Waals surface area contributed by atoms with Crippen LogP contribution in [-0.4, -0.2) is 25.2 Å². The fraction of sp³-hybridized carbons (Fsp3) is 0.300. The molecule has 2 aromatic rings. The largest absolute Gasteiger partial charge is 0.458 e. The summed E-state index contributed by atoms with van der Waals surface area (Å²) >= 11 is 0. The second-order valence-electron chi connectivity index (χ2n) is 6.09. The number of ether oxygens (including phenoxy) is 2. The second kappa shape index (κ2) is 6.11. The second-order valence-corrected chi connectivity index (χ2v) is 6.09. The minimum Gasteiger partial charge on any atom is -0.458 e. The third-order valence-electron chi connectivity index (χ3n) is 4.75. The van der Waals surface area contributed by atoms with Crippen molar-refractivity contribution in [3.63, 3.8) is 0 Å². The number of esters is 2. The van der Waals surface area contributed by atoms with Crippen LogP contribution in [0.15, 0.2) is 24.3 Å². The van der Waals surface area contributed by atoms with E-state index in [0.29, 0.717) is 11.1 Å². The smallest absolute Gasteiger partial charge is 0.339 e. The molecule has 1 aliphatic heterocycles. The lowest BCUT2D eigenvalue weighted by molar-refractivity contribution is 0.0225. The van der Waals surface area contributed by atoms with Gasteiger partial charge in [0.1, 0.15) is 13.2 Å². The molecule has 3 rings (SSSR count). The van der Waals surface area contributed by atoms with E-state index in [-0.39, 0.29) is 13.2 Å². The molecular weight excluding hydrogens is 304 g/mol. The van der Waals surface area contributed by atoms with Crippen LogP contribution >= 0.6 is 0 Å². The van der Waals surface area contributed by atoms with Crippen LogP contribution < -0.4 is 0 Å². The molecule has 2 aromatic carbocycles. The Morgan fingerprint density at radius 2 is 1.25 bits per heavy atom. The monoisotopic (exact) mass is 324 g/mol. The van der Waals surface area contributed by atoms with Gasteiger partial charge < -0.3 is 9.47 Å². The molecule has 0 aliphatic carbocycles. The first kappa shape index (κ1) is 16.2. The first-order valence-electron chi connectivity index (χ1n) is 7.97. The maximum absolute atomic E-state index is 12.7. The molecule has 1 heterocycles. The molecule has 24 heavy (non-hydrogen) atoms. The van der Waals surface area contributed by atoms with E-state index in [9.17, 15) is 9.59 Å². The summed E-state index contributed by atoms with van der Waals surface area (Å²) < 4.78 is 10.5. The molecule has 0 saturated heterocycles. The van der Waals surface area contributed by atoms with E-state index in [0.717, 1.165) is 33.4 Å². The molecule has 4 heteroatoms. The van der Waals surface area contributed by atoms with Crippen molar-refractivity contribution in [2.24, 2.45) is 0 Å². The van der Waals surface area contributed by atoms with Gasteiger partial charge in [-0.25, -0.2) is 9.59 Å². The highest BCUT2D eigenvalue weighted by Gasteiger charge is 2.31. The molecule has 0 unspecified atom stereocenters. The summed E-state index contributed by atoms with van der Waals surface area (Å²) in [6.07, 6.45) is 0. The summed E-state index contributed by atoms with van der Waals surface area (Å²) in [4.78, 5) is 25.2. The Hall–Kier alpha value is -2.62. The first-order valence-corrected chi connectivity index (χ1v) is 7.97. The standard InChI is InChI=1S/C20H20O4/c1-11-7-5-6-8-15(11)16-13(3)12(2)14(4)17-18(16)20(22)24-10-9-23-19(17)21/h5-8H,9-10H2,1-4H3. The van der Waals surface area contributed by atoms with Gasteiger partial charge in [-0.2, -0.15) is 0 Å². The number of benzene rings is 2. The number of cyclic esters (lactones) is 2. The number of aryl methyl sites for hydroxylation is 1. The topological polar surface area (TPSA) is 52.6 Å². The molecular formula is C20H20O4. The third-order valence-corrected chi connectivity index (χ3v) is 4.75. The molecule has 0 saturated carbocycles. The van der Waals surface area contributed by atoms with E-state index >= 15 is 0 Å². The quantitative estimate of drug-likeness (QED) is 0.746. The van der Waals surface area contributed by atoms with Crippen LogP contribution in [0, 0.1) is 27.7 Å². The lowest BCUT2D eigenvalue weighted by Gasteiger charge is -2.23. The van der Waals surface area contributed by atoms with Gasteiger partial charge in [0.05, 0.1) is 11.1 Å². The zero-order chi connectivity index (χ0) is 17.4. The Labute approximate surface area is 141 Å². The van der Waals surface area contributed by atoms with Crippen molar-refractivity contribution in [3.05, 3.63) is 57.6 Å². The van der Waals surface area contributed by atoms with E-state index in [1.165, 1.54) is 0 Å². The summed E-state index contributed by atoms with van der Waals surface area (Å²) in [6, 6.07) is 7.83. The highest BCUT2D eigenvalue weighted by Crippen LogP contribution is 2.37. The van der Waals surface area contributed by atoms with Crippen LogP contribution in [0.25, 0.3) is 11.1 Å². The molecule has 1 aliphatic rings. The SMILES string of the molecule is Cc1ccccc1-c1c(C)c(C)c(C)c2c1C(=O)OCCOC2=O. The molecule has 124 valence electrons. The fourth-order valence-corrected chi connectivity index (χ4v) is 3.22. The highest BCUT2D eigenvalue weighted by molar-refractivity contribution is 6.10. The van der Waals surface area contributed by atoms with Crippen LogP contribution in [0.2, 0.25) is 0 Å². The van der Waals surface area contributed by atoms with Gasteiger partial charge in [0.2, 0.25) is 0 Å². The van der Waals surface area contributed by atoms with Gasteiger partial charge in [0, 0.05) is 5.56 Å². The summed E-state index contributed by atoms with van der Waals surface area (Å²) in [5, 5.41) is 0. The summed E-state index contributed by atoms with van der Waals surface area (Å²) in [5.74, 6) is -0.928. The number of hydrogen-bond acceptors (Lipinski definition) is 4. The Morgan fingerprint density at radius 3 is 1.88 bits per heavy atom. The zero-order valence-corrected chi connectivity index (χ0v) is 14.4. The van der Waals surface area contributed by atoms with Crippen molar-refractivity contribution in [3.8, 4) is 11.1 Å². The molecule has 0 N–H and O–H groups in total. The Morgan fingerprint density at radius 1 is 0.708 bits per heavy atom. The van der Waals surface area contributed by atoms with Crippen LogP contribution in [0.4, 0.5) is 0 Å². The van der Waals surface area contributed by atoms with Crippen LogP contribution in [0.5, 0.6) is 0 Å². The van der Waals surface area contributed by atoms with E-state index in [4.69, 9.17) is 9.47 Å². The highest BCUT2D eigenvalue weighted by atomic mass is 16.6. The maximum atomic E-state index is 12.7. The van der Waals surface area contributed by atoms with E-state index in [1.807, 2.05) is 52.0 Å². The molecule has 0 amide bonds. The van der Waals surface area contributed by atoms with Gasteiger partial charge in [-0.3, -0.25) is 0 Å². The number of fused-ring (bicyclic) bond motifs is 1. The van der Waals surface area contributed by atoms with Gasteiger partial charge in [-0.15, -0.1) is 0 Å². The normalized spacial score (nSPS) is 14.3. The van der Waals surface area contributed by atoms with E-state index < -0.39 is 11.9 Å². The number of carbonyl (C=O) groups is 2. The average molecular weight is 324 g/mol. The number of hydrogen-bond donors (Lipinski definition) is 0. The van der Waals surface area contributed by atoms with Gasteiger partial charge in [-0.05, 0) is 55.5 Å².